The second-order valence-electron chi connectivity index (χ2n) is 4.30. The molecule has 1 aromatic heterocycles. The Bertz CT molecular complexity index is 772. The molecule has 0 spiro atoms. The quantitative estimate of drug-likeness (QED) is 0.629. The Kier molecular flexibility index (Phi) is 3.62. The van der Waals surface area contributed by atoms with Crippen LogP contribution in [-0.4, -0.2) is 9.49 Å². The van der Waals surface area contributed by atoms with E-state index in [4.69, 9.17) is 5.26 Å². The van der Waals surface area contributed by atoms with Crippen molar-refractivity contribution < 1.29 is 4.92 Å². The van der Waals surface area contributed by atoms with Crippen molar-refractivity contribution in [2.75, 3.05) is 0 Å². The van der Waals surface area contributed by atoms with Crippen LogP contribution < -0.4 is 5.56 Å². The van der Waals surface area contributed by atoms with Crippen molar-refractivity contribution in [1.29, 1.82) is 5.26 Å². The molecule has 6 heteroatoms. The highest BCUT2D eigenvalue weighted by atomic mass is 16.6. The summed E-state index contributed by atoms with van der Waals surface area (Å²) in [6.45, 7) is 1.73. The summed E-state index contributed by atoms with van der Waals surface area (Å²) in [6.07, 6.45) is 0. The Hall–Kier alpha value is -2.94. The van der Waals surface area contributed by atoms with Gasteiger partial charge in [0.25, 0.3) is 11.2 Å². The Morgan fingerprint density at radius 1 is 1.35 bits per heavy atom. The van der Waals surface area contributed by atoms with Crippen LogP contribution in [0.15, 0.2) is 41.2 Å². The van der Waals surface area contributed by atoms with E-state index in [0.29, 0.717) is 11.3 Å². The number of nitrogens with zero attached hydrogens (tertiary/aromatic N) is 3. The Labute approximate surface area is 114 Å². The molecular formula is C14H11N3O3. The molecule has 1 aromatic carbocycles. The Morgan fingerprint density at radius 3 is 2.75 bits per heavy atom. The van der Waals surface area contributed by atoms with E-state index in [-0.39, 0.29) is 17.8 Å². The van der Waals surface area contributed by atoms with Crippen LogP contribution in [-0.2, 0) is 6.54 Å². The zero-order valence-electron chi connectivity index (χ0n) is 10.7. The van der Waals surface area contributed by atoms with Gasteiger partial charge >= 0.3 is 0 Å². The number of nitro groups is 1. The molecule has 0 N–H and O–H groups in total. The fourth-order valence-corrected chi connectivity index (χ4v) is 1.98. The van der Waals surface area contributed by atoms with E-state index < -0.39 is 4.92 Å². The summed E-state index contributed by atoms with van der Waals surface area (Å²) in [6, 6.07) is 11.2. The predicted molar refractivity (Wildman–Crippen MR) is 72.4 cm³/mol. The Balaban J connectivity index is 2.48. The summed E-state index contributed by atoms with van der Waals surface area (Å²) < 4.78 is 1.33. The van der Waals surface area contributed by atoms with Gasteiger partial charge in [-0.25, -0.2) is 0 Å². The fourth-order valence-electron chi connectivity index (χ4n) is 1.98. The van der Waals surface area contributed by atoms with E-state index in [0.717, 1.165) is 5.56 Å². The van der Waals surface area contributed by atoms with Crippen LogP contribution >= 0.6 is 0 Å². The van der Waals surface area contributed by atoms with Gasteiger partial charge in [-0.15, -0.1) is 0 Å². The van der Waals surface area contributed by atoms with Crippen molar-refractivity contribution in [2.24, 2.45) is 0 Å². The number of hydrogen-bond acceptors (Lipinski definition) is 4. The van der Waals surface area contributed by atoms with Gasteiger partial charge < -0.3 is 4.57 Å². The summed E-state index contributed by atoms with van der Waals surface area (Å²) in [4.78, 5) is 22.2. The summed E-state index contributed by atoms with van der Waals surface area (Å²) in [5, 5.41) is 19.7. The van der Waals surface area contributed by atoms with Gasteiger partial charge in [0, 0.05) is 12.1 Å². The molecule has 2 aromatic rings. The molecule has 0 amide bonds. The van der Waals surface area contributed by atoms with Gasteiger partial charge in [0.1, 0.15) is 0 Å². The first kappa shape index (κ1) is 13.5. The maximum Gasteiger partial charge on any atom is 0.288 e. The number of benzene rings is 1. The molecule has 0 aliphatic rings. The number of aromatic nitrogens is 1. The molecule has 0 saturated carbocycles. The lowest BCUT2D eigenvalue weighted by molar-refractivity contribution is -0.386. The molecule has 0 fully saturated rings. The number of hydrogen-bond donors (Lipinski definition) is 0. The maximum atomic E-state index is 11.8. The second kappa shape index (κ2) is 5.36. The average Bonchev–Trinajstić information content (AvgIpc) is 2.43. The second-order valence-corrected chi connectivity index (χ2v) is 4.30. The van der Waals surface area contributed by atoms with Crippen LogP contribution in [0, 0.1) is 28.4 Å². The number of pyridine rings is 1. The molecule has 0 bridgehead atoms. The van der Waals surface area contributed by atoms with Crippen LogP contribution in [0.5, 0.6) is 0 Å². The predicted octanol–water partition coefficient (Wildman–Crippen LogP) is 1.98. The third-order valence-corrected chi connectivity index (χ3v) is 3.02. The van der Waals surface area contributed by atoms with Crippen molar-refractivity contribution in [3.63, 3.8) is 0 Å². The molecule has 0 atom stereocenters. The molecule has 2 rings (SSSR count). The van der Waals surface area contributed by atoms with E-state index >= 15 is 0 Å². The van der Waals surface area contributed by atoms with E-state index in [1.54, 1.807) is 24.3 Å². The minimum absolute atomic E-state index is 0.0963. The van der Waals surface area contributed by atoms with Crippen LogP contribution in [0.3, 0.4) is 0 Å². The Morgan fingerprint density at radius 2 is 2.10 bits per heavy atom. The smallest absolute Gasteiger partial charge is 0.288 e. The van der Waals surface area contributed by atoms with E-state index in [1.807, 2.05) is 6.07 Å². The highest BCUT2D eigenvalue weighted by molar-refractivity contribution is 5.36. The van der Waals surface area contributed by atoms with Crippen molar-refractivity contribution >= 4 is 5.69 Å². The minimum atomic E-state index is -0.517. The molecule has 0 radical (unpaired) electrons. The monoisotopic (exact) mass is 269 g/mol. The summed E-state index contributed by atoms with van der Waals surface area (Å²) in [5.41, 5.74) is 1.12. The zero-order valence-corrected chi connectivity index (χ0v) is 10.7. The van der Waals surface area contributed by atoms with Gasteiger partial charge in [0.15, 0.2) is 0 Å². The van der Waals surface area contributed by atoms with Crippen LogP contribution in [0.25, 0.3) is 0 Å². The van der Waals surface area contributed by atoms with E-state index in [1.165, 1.54) is 23.6 Å². The van der Waals surface area contributed by atoms with Crippen molar-refractivity contribution in [3.8, 4) is 6.07 Å². The number of nitriles is 1. The molecule has 100 valence electrons. The van der Waals surface area contributed by atoms with Crippen LogP contribution in [0.4, 0.5) is 5.69 Å². The van der Waals surface area contributed by atoms with Gasteiger partial charge in [-0.1, -0.05) is 12.1 Å². The van der Waals surface area contributed by atoms with Gasteiger partial charge in [-0.2, -0.15) is 5.26 Å². The molecule has 1 heterocycles. The lowest BCUT2D eigenvalue weighted by Crippen LogP contribution is -2.22. The first-order chi connectivity index (χ1) is 9.52. The van der Waals surface area contributed by atoms with E-state index in [9.17, 15) is 14.9 Å². The van der Waals surface area contributed by atoms with Crippen molar-refractivity contribution in [1.82, 2.24) is 4.57 Å². The molecule has 20 heavy (non-hydrogen) atoms. The average molecular weight is 269 g/mol. The SMILES string of the molecule is Cc1c([N+](=O)[O-])ccc(=O)n1Cc1cccc(C#N)c1. The molecule has 6 nitrogen and oxygen atoms in total. The summed E-state index contributed by atoms with van der Waals surface area (Å²) in [5.74, 6) is 0. The largest absolute Gasteiger partial charge is 0.302 e. The third-order valence-electron chi connectivity index (χ3n) is 3.02. The first-order valence-electron chi connectivity index (χ1n) is 5.87. The van der Waals surface area contributed by atoms with Gasteiger partial charge in [0.2, 0.25) is 0 Å². The lowest BCUT2D eigenvalue weighted by atomic mass is 10.1. The molecule has 0 aliphatic heterocycles. The normalized spacial score (nSPS) is 10.0. The standard InChI is InChI=1S/C14H11N3O3/c1-10-13(17(19)20)5-6-14(18)16(10)9-12-4-2-3-11(7-12)8-15/h2-7H,9H2,1H3. The first-order valence-corrected chi connectivity index (χ1v) is 5.87. The summed E-state index contributed by atoms with van der Waals surface area (Å²) in [7, 11) is 0. The summed E-state index contributed by atoms with van der Waals surface area (Å²) >= 11 is 0. The molecule has 0 saturated heterocycles. The van der Waals surface area contributed by atoms with Crippen LogP contribution in [0.1, 0.15) is 16.8 Å². The van der Waals surface area contributed by atoms with Crippen molar-refractivity contribution in [3.05, 3.63) is 73.7 Å². The lowest BCUT2D eigenvalue weighted by Gasteiger charge is -2.10. The molecule has 0 unspecified atom stereocenters. The van der Waals surface area contributed by atoms with Gasteiger partial charge in [0.05, 0.1) is 28.8 Å². The number of rotatable bonds is 3. The van der Waals surface area contributed by atoms with E-state index in [2.05, 4.69) is 0 Å². The molecule has 0 aliphatic carbocycles. The van der Waals surface area contributed by atoms with Gasteiger partial charge in [-0.3, -0.25) is 14.9 Å². The molecular weight excluding hydrogens is 258 g/mol. The zero-order chi connectivity index (χ0) is 14.7. The third kappa shape index (κ3) is 2.57. The highest BCUT2D eigenvalue weighted by Gasteiger charge is 2.15. The maximum absolute atomic E-state index is 11.8. The topological polar surface area (TPSA) is 88.9 Å². The van der Waals surface area contributed by atoms with Gasteiger partial charge in [-0.05, 0) is 24.6 Å². The highest BCUT2D eigenvalue weighted by Crippen LogP contribution is 2.16. The van der Waals surface area contributed by atoms with Crippen molar-refractivity contribution in [2.45, 2.75) is 13.5 Å². The minimum Gasteiger partial charge on any atom is -0.302 e. The van der Waals surface area contributed by atoms with Crippen LogP contribution in [0.2, 0.25) is 0 Å². The fraction of sp³-hybridized carbons (Fsp3) is 0.143.